The summed E-state index contributed by atoms with van der Waals surface area (Å²) in [6, 6.07) is 0. The number of hydrogen-bond donors (Lipinski definition) is 0. The average Bonchev–Trinajstić information content (AvgIpc) is 2.05. The number of allylic oxidation sites excluding steroid dienone is 2. The second-order valence-electron chi connectivity index (χ2n) is 3.19. The van der Waals surface area contributed by atoms with Gasteiger partial charge in [0.05, 0.1) is 0 Å². The summed E-state index contributed by atoms with van der Waals surface area (Å²) in [4.78, 5) is 0. The Morgan fingerprint density at radius 1 is 1.00 bits per heavy atom. The van der Waals surface area contributed by atoms with E-state index in [1.807, 2.05) is 0 Å². The summed E-state index contributed by atoms with van der Waals surface area (Å²) in [7, 11) is 0. The normalized spacial score (nSPS) is 13.1. The van der Waals surface area contributed by atoms with Gasteiger partial charge in [0.1, 0.15) is 0 Å². The molecule has 0 radical (unpaired) electrons. The Balaban J connectivity index is 3.92. The molecule has 0 unspecified atom stereocenters. The molecule has 0 atom stereocenters. The van der Waals surface area contributed by atoms with Crippen molar-refractivity contribution < 1.29 is 0 Å². The van der Waals surface area contributed by atoms with E-state index >= 15 is 0 Å². The smallest absolute Gasteiger partial charge is 0.0318 e. The molecular weight excluding hydrogens is 132 g/mol. The van der Waals surface area contributed by atoms with Crippen LogP contribution in [0.15, 0.2) is 11.1 Å². The molecule has 0 aromatic carbocycles. The zero-order valence-corrected chi connectivity index (χ0v) is 8.54. The summed E-state index contributed by atoms with van der Waals surface area (Å²) in [6.07, 6.45) is 6.49. The fourth-order valence-corrected chi connectivity index (χ4v) is 1.33. The van der Waals surface area contributed by atoms with Gasteiger partial charge in [-0.15, -0.1) is 0 Å². The van der Waals surface area contributed by atoms with Gasteiger partial charge < -0.3 is 0 Å². The maximum Gasteiger partial charge on any atom is -0.0318 e. The van der Waals surface area contributed by atoms with E-state index in [-0.39, 0.29) is 0 Å². The first-order valence-electron chi connectivity index (χ1n) is 4.93. The molecule has 0 N–H and O–H groups in total. The molecule has 11 heavy (non-hydrogen) atoms. The van der Waals surface area contributed by atoms with Gasteiger partial charge in [-0.3, -0.25) is 0 Å². The Hall–Kier alpha value is -0.260. The van der Waals surface area contributed by atoms with Crippen LogP contribution in [0.5, 0.6) is 0 Å². The SMILES string of the molecule is CCCCC(CC)=C(C)CC. The van der Waals surface area contributed by atoms with Crippen molar-refractivity contribution in [1.29, 1.82) is 0 Å². The highest BCUT2D eigenvalue weighted by atomic mass is 14.0. The predicted molar refractivity (Wildman–Crippen MR) is 52.8 cm³/mol. The monoisotopic (exact) mass is 154 g/mol. The van der Waals surface area contributed by atoms with Crippen molar-refractivity contribution >= 4 is 0 Å². The van der Waals surface area contributed by atoms with Gasteiger partial charge in [-0.1, -0.05) is 38.3 Å². The molecule has 0 bridgehead atoms. The molecule has 0 aromatic rings. The Bertz CT molecular complexity index is 120. The zero-order chi connectivity index (χ0) is 8.69. The second kappa shape index (κ2) is 6.45. The first-order chi connectivity index (χ1) is 5.26. The first kappa shape index (κ1) is 10.7. The van der Waals surface area contributed by atoms with E-state index in [9.17, 15) is 0 Å². The molecule has 0 rings (SSSR count). The van der Waals surface area contributed by atoms with E-state index in [0.29, 0.717) is 0 Å². The highest BCUT2D eigenvalue weighted by Crippen LogP contribution is 2.17. The lowest BCUT2D eigenvalue weighted by molar-refractivity contribution is 0.752. The lowest BCUT2D eigenvalue weighted by atomic mass is 10.00. The lowest BCUT2D eigenvalue weighted by Crippen LogP contribution is -1.87. The Labute approximate surface area is 71.7 Å². The van der Waals surface area contributed by atoms with Crippen LogP contribution in [0.1, 0.15) is 59.8 Å². The molecule has 0 aliphatic heterocycles. The van der Waals surface area contributed by atoms with Crippen LogP contribution < -0.4 is 0 Å². The maximum absolute atomic E-state index is 2.27. The largest absolute Gasteiger partial charge is 0.0744 e. The van der Waals surface area contributed by atoms with Gasteiger partial charge in [0, 0.05) is 0 Å². The molecule has 0 fully saturated rings. The molecule has 0 aliphatic rings. The van der Waals surface area contributed by atoms with Crippen LogP contribution in [0.4, 0.5) is 0 Å². The van der Waals surface area contributed by atoms with Crippen molar-refractivity contribution in [2.45, 2.75) is 59.8 Å². The van der Waals surface area contributed by atoms with Crippen LogP contribution in [0.3, 0.4) is 0 Å². The molecule has 0 saturated heterocycles. The molecule has 0 heteroatoms. The number of unbranched alkanes of at least 4 members (excludes halogenated alkanes) is 1. The minimum Gasteiger partial charge on any atom is -0.0744 e. The quantitative estimate of drug-likeness (QED) is 0.517. The summed E-state index contributed by atoms with van der Waals surface area (Å²) in [5.74, 6) is 0. The number of hydrogen-bond acceptors (Lipinski definition) is 0. The fraction of sp³-hybridized carbons (Fsp3) is 0.818. The summed E-state index contributed by atoms with van der Waals surface area (Å²) < 4.78 is 0. The average molecular weight is 154 g/mol. The Morgan fingerprint density at radius 3 is 2.00 bits per heavy atom. The molecule has 0 saturated carbocycles. The molecule has 0 aromatic heterocycles. The van der Waals surface area contributed by atoms with Crippen LogP contribution in [0.2, 0.25) is 0 Å². The molecule has 66 valence electrons. The third kappa shape index (κ3) is 4.23. The zero-order valence-electron chi connectivity index (χ0n) is 8.54. The van der Waals surface area contributed by atoms with E-state index in [1.54, 1.807) is 11.1 Å². The van der Waals surface area contributed by atoms with Crippen molar-refractivity contribution in [3.8, 4) is 0 Å². The van der Waals surface area contributed by atoms with Crippen LogP contribution >= 0.6 is 0 Å². The summed E-state index contributed by atoms with van der Waals surface area (Å²) in [5, 5.41) is 0. The summed E-state index contributed by atoms with van der Waals surface area (Å²) >= 11 is 0. The van der Waals surface area contributed by atoms with Gasteiger partial charge in [-0.25, -0.2) is 0 Å². The topological polar surface area (TPSA) is 0 Å². The van der Waals surface area contributed by atoms with E-state index in [0.717, 1.165) is 0 Å². The third-order valence-electron chi connectivity index (χ3n) is 2.39. The molecule has 0 nitrogen and oxygen atoms in total. The standard InChI is InChI=1S/C11H22/c1-5-8-9-11(7-3)10(4)6-2/h5-9H2,1-4H3. The minimum atomic E-state index is 1.23. The van der Waals surface area contributed by atoms with Gasteiger partial charge in [-0.2, -0.15) is 0 Å². The van der Waals surface area contributed by atoms with Crippen molar-refractivity contribution in [3.05, 3.63) is 11.1 Å². The highest BCUT2D eigenvalue weighted by molar-refractivity contribution is 5.10. The van der Waals surface area contributed by atoms with Crippen LogP contribution in [-0.2, 0) is 0 Å². The molecule has 0 aliphatic carbocycles. The van der Waals surface area contributed by atoms with Crippen molar-refractivity contribution in [2.75, 3.05) is 0 Å². The molecule has 0 amide bonds. The maximum atomic E-state index is 2.27. The molecule has 0 heterocycles. The van der Waals surface area contributed by atoms with Gasteiger partial charge in [0.2, 0.25) is 0 Å². The minimum absolute atomic E-state index is 1.23. The van der Waals surface area contributed by atoms with Crippen molar-refractivity contribution in [3.63, 3.8) is 0 Å². The summed E-state index contributed by atoms with van der Waals surface area (Å²) in [6.45, 7) is 9.05. The van der Waals surface area contributed by atoms with Gasteiger partial charge in [-0.05, 0) is 32.6 Å². The van der Waals surface area contributed by atoms with Gasteiger partial charge >= 0.3 is 0 Å². The first-order valence-corrected chi connectivity index (χ1v) is 4.93. The summed E-state index contributed by atoms with van der Waals surface area (Å²) in [5.41, 5.74) is 3.30. The van der Waals surface area contributed by atoms with E-state index < -0.39 is 0 Å². The lowest BCUT2D eigenvalue weighted by Gasteiger charge is -2.07. The van der Waals surface area contributed by atoms with Gasteiger partial charge in [0.15, 0.2) is 0 Å². The van der Waals surface area contributed by atoms with Crippen LogP contribution in [0.25, 0.3) is 0 Å². The van der Waals surface area contributed by atoms with Crippen molar-refractivity contribution in [1.82, 2.24) is 0 Å². The van der Waals surface area contributed by atoms with E-state index in [2.05, 4.69) is 27.7 Å². The highest BCUT2D eigenvalue weighted by Gasteiger charge is 1.97. The van der Waals surface area contributed by atoms with Crippen LogP contribution in [0, 0.1) is 0 Å². The van der Waals surface area contributed by atoms with E-state index in [1.165, 1.54) is 32.1 Å². The third-order valence-corrected chi connectivity index (χ3v) is 2.39. The van der Waals surface area contributed by atoms with Crippen LogP contribution in [-0.4, -0.2) is 0 Å². The Morgan fingerprint density at radius 2 is 1.64 bits per heavy atom. The second-order valence-corrected chi connectivity index (χ2v) is 3.19. The number of rotatable bonds is 5. The molecular formula is C11H22. The molecule has 0 spiro atoms. The fourth-order valence-electron chi connectivity index (χ4n) is 1.33. The Kier molecular flexibility index (Phi) is 6.30. The predicted octanol–water partition coefficient (Wildman–Crippen LogP) is 4.31. The van der Waals surface area contributed by atoms with Gasteiger partial charge in [0.25, 0.3) is 0 Å². The van der Waals surface area contributed by atoms with E-state index in [4.69, 9.17) is 0 Å². The van der Waals surface area contributed by atoms with Crippen molar-refractivity contribution in [2.24, 2.45) is 0 Å².